The van der Waals surface area contributed by atoms with Crippen molar-refractivity contribution in [1.29, 1.82) is 0 Å². The van der Waals surface area contributed by atoms with Gasteiger partial charge >= 0.3 is 0 Å². The molecule has 0 fully saturated rings. The van der Waals surface area contributed by atoms with E-state index in [-0.39, 0.29) is 18.2 Å². The number of furan rings is 1. The summed E-state index contributed by atoms with van der Waals surface area (Å²) in [5.74, 6) is 0.327. The molecule has 0 atom stereocenters. The van der Waals surface area contributed by atoms with Gasteiger partial charge in [0, 0.05) is 16.0 Å². The Morgan fingerprint density at radius 3 is 2.34 bits per heavy atom. The summed E-state index contributed by atoms with van der Waals surface area (Å²) < 4.78 is 11.4. The summed E-state index contributed by atoms with van der Waals surface area (Å²) in [5.41, 5.74) is 2.43. The van der Waals surface area contributed by atoms with E-state index in [4.69, 9.17) is 20.8 Å². The lowest BCUT2D eigenvalue weighted by Crippen LogP contribution is -2.21. The number of anilines is 1. The summed E-state index contributed by atoms with van der Waals surface area (Å²) in [7, 11) is 0. The molecule has 5 nitrogen and oxygen atoms in total. The molecule has 0 aliphatic heterocycles. The normalized spacial score (nSPS) is 11.0. The van der Waals surface area contributed by atoms with Crippen molar-refractivity contribution >= 4 is 39.9 Å². The molecular weight excluding hydrogens is 426 g/mol. The Kier molecular flexibility index (Phi) is 6.28. The van der Waals surface area contributed by atoms with E-state index in [0.29, 0.717) is 38.9 Å². The van der Waals surface area contributed by atoms with Crippen LogP contribution in [-0.4, -0.2) is 18.3 Å². The molecule has 6 heteroatoms. The number of hydrogen-bond donors (Lipinski definition) is 1. The Bertz CT molecular complexity index is 1260. The van der Waals surface area contributed by atoms with Crippen LogP contribution in [0, 0.1) is 0 Å². The maximum Gasteiger partial charge on any atom is 0.262 e. The van der Waals surface area contributed by atoms with Crippen LogP contribution in [0.3, 0.4) is 0 Å². The van der Waals surface area contributed by atoms with Gasteiger partial charge in [0.1, 0.15) is 11.3 Å². The van der Waals surface area contributed by atoms with Gasteiger partial charge in [-0.25, -0.2) is 0 Å². The van der Waals surface area contributed by atoms with Crippen LogP contribution in [0.25, 0.3) is 11.0 Å². The molecule has 0 aliphatic carbocycles. The second kappa shape index (κ2) is 9.28. The lowest BCUT2D eigenvalue weighted by Gasteiger charge is -2.10. The summed E-state index contributed by atoms with van der Waals surface area (Å²) in [6, 6.07) is 21.3. The summed E-state index contributed by atoms with van der Waals surface area (Å²) in [4.78, 5) is 25.7. The van der Waals surface area contributed by atoms with Crippen LogP contribution in [0.15, 0.2) is 77.2 Å². The molecule has 4 rings (SSSR count). The minimum absolute atomic E-state index is 0.0585. The molecule has 0 saturated heterocycles. The largest absolute Gasteiger partial charge is 0.484 e. The van der Waals surface area contributed by atoms with Crippen molar-refractivity contribution in [3.63, 3.8) is 0 Å². The van der Waals surface area contributed by atoms with Crippen LogP contribution in [0.5, 0.6) is 5.75 Å². The van der Waals surface area contributed by atoms with Crippen LogP contribution in [-0.2, 0) is 4.79 Å². The lowest BCUT2D eigenvalue weighted by molar-refractivity contribution is -0.118. The topological polar surface area (TPSA) is 68.5 Å². The fraction of sp³-hybridized carbons (Fsp3) is 0.154. The number of halogens is 1. The molecule has 0 spiro atoms. The highest BCUT2D eigenvalue weighted by molar-refractivity contribution is 6.30. The quantitative estimate of drug-likeness (QED) is 0.330. The Morgan fingerprint density at radius 2 is 1.66 bits per heavy atom. The highest BCUT2D eigenvalue weighted by Gasteiger charge is 2.23. The van der Waals surface area contributed by atoms with Crippen molar-refractivity contribution in [2.45, 2.75) is 19.8 Å². The maximum absolute atomic E-state index is 13.1. The molecular formula is C26H22ClNO4. The van der Waals surface area contributed by atoms with Crippen molar-refractivity contribution in [1.82, 2.24) is 0 Å². The summed E-state index contributed by atoms with van der Waals surface area (Å²) >= 11 is 5.93. The number of nitrogens with one attached hydrogen (secondary N) is 1. The van der Waals surface area contributed by atoms with E-state index >= 15 is 0 Å². The predicted octanol–water partition coefficient (Wildman–Crippen LogP) is 6.46. The molecule has 0 radical (unpaired) electrons. The van der Waals surface area contributed by atoms with Gasteiger partial charge in [-0.05, 0) is 60.0 Å². The smallest absolute Gasteiger partial charge is 0.262 e. The van der Waals surface area contributed by atoms with Crippen LogP contribution in [0.4, 0.5) is 5.69 Å². The molecule has 1 aromatic heterocycles. The van der Waals surface area contributed by atoms with E-state index in [2.05, 4.69) is 19.2 Å². The first-order valence-electron chi connectivity index (χ1n) is 10.3. The van der Waals surface area contributed by atoms with E-state index in [0.717, 1.165) is 0 Å². The van der Waals surface area contributed by atoms with Crippen molar-refractivity contribution in [2.75, 3.05) is 11.9 Å². The fourth-order valence-corrected chi connectivity index (χ4v) is 3.46. The zero-order chi connectivity index (χ0) is 22.7. The monoisotopic (exact) mass is 447 g/mol. The van der Waals surface area contributed by atoms with Gasteiger partial charge in [-0.1, -0.05) is 49.7 Å². The molecule has 1 amide bonds. The second-order valence-electron chi connectivity index (χ2n) is 7.70. The van der Waals surface area contributed by atoms with Crippen molar-refractivity contribution < 1.29 is 18.7 Å². The molecule has 1 heterocycles. The average Bonchev–Trinajstić information content (AvgIpc) is 3.16. The highest BCUT2D eigenvalue weighted by atomic mass is 35.5. The van der Waals surface area contributed by atoms with Gasteiger partial charge < -0.3 is 14.5 Å². The van der Waals surface area contributed by atoms with Gasteiger partial charge in [0.25, 0.3) is 5.91 Å². The first kappa shape index (κ1) is 21.7. The van der Waals surface area contributed by atoms with E-state index in [1.165, 1.54) is 5.56 Å². The molecule has 0 saturated carbocycles. The standard InChI is InChI=1S/C26H22ClNO4/c1-16(2)17-9-13-20(14-10-17)31-15-23(29)28-24-21-5-3-4-6-22(21)32-26(24)25(30)18-7-11-19(27)12-8-18/h3-14,16H,15H2,1-2H3,(H,28,29). The molecule has 1 N–H and O–H groups in total. The number of hydrogen-bond acceptors (Lipinski definition) is 4. The predicted molar refractivity (Wildman–Crippen MR) is 126 cm³/mol. The van der Waals surface area contributed by atoms with E-state index in [1.807, 2.05) is 30.3 Å². The molecule has 0 unspecified atom stereocenters. The van der Waals surface area contributed by atoms with E-state index < -0.39 is 5.91 Å². The van der Waals surface area contributed by atoms with Crippen LogP contribution >= 0.6 is 11.6 Å². The van der Waals surface area contributed by atoms with Crippen molar-refractivity contribution in [3.8, 4) is 5.75 Å². The lowest BCUT2D eigenvalue weighted by atomic mass is 10.0. The number of ether oxygens (including phenoxy) is 1. The number of benzene rings is 3. The minimum atomic E-state index is -0.394. The molecule has 4 aromatic rings. The van der Waals surface area contributed by atoms with Crippen LogP contribution in [0.1, 0.15) is 41.4 Å². The number of fused-ring (bicyclic) bond motifs is 1. The molecule has 0 aliphatic rings. The third-order valence-electron chi connectivity index (χ3n) is 5.09. The summed E-state index contributed by atoms with van der Waals surface area (Å²) in [6.07, 6.45) is 0. The summed E-state index contributed by atoms with van der Waals surface area (Å²) in [6.45, 7) is 4.03. The second-order valence-corrected chi connectivity index (χ2v) is 8.14. The van der Waals surface area contributed by atoms with Gasteiger partial charge in [0.15, 0.2) is 12.4 Å². The fourth-order valence-electron chi connectivity index (χ4n) is 3.34. The highest BCUT2D eigenvalue weighted by Crippen LogP contribution is 2.32. The Morgan fingerprint density at radius 1 is 0.969 bits per heavy atom. The SMILES string of the molecule is CC(C)c1ccc(OCC(=O)Nc2c(C(=O)c3ccc(Cl)cc3)oc3ccccc23)cc1. The number of para-hydroxylation sites is 1. The van der Waals surface area contributed by atoms with Gasteiger partial charge in [0.2, 0.25) is 5.78 Å². The molecule has 32 heavy (non-hydrogen) atoms. The van der Waals surface area contributed by atoms with Crippen molar-refractivity contribution in [2.24, 2.45) is 0 Å². The number of rotatable bonds is 7. The van der Waals surface area contributed by atoms with Crippen LogP contribution < -0.4 is 10.1 Å². The zero-order valence-corrected chi connectivity index (χ0v) is 18.5. The van der Waals surface area contributed by atoms with Gasteiger partial charge in [-0.2, -0.15) is 0 Å². The third-order valence-corrected chi connectivity index (χ3v) is 5.34. The Hall–Kier alpha value is -3.57. The third kappa shape index (κ3) is 4.68. The van der Waals surface area contributed by atoms with Crippen LogP contribution in [0.2, 0.25) is 5.02 Å². The minimum Gasteiger partial charge on any atom is -0.484 e. The number of carbonyl (C=O) groups excluding carboxylic acids is 2. The summed E-state index contributed by atoms with van der Waals surface area (Å²) in [5, 5.41) is 3.96. The Labute approximate surface area is 191 Å². The molecule has 3 aromatic carbocycles. The molecule has 0 bridgehead atoms. The van der Waals surface area contributed by atoms with Gasteiger partial charge in [-0.3, -0.25) is 9.59 Å². The van der Waals surface area contributed by atoms with E-state index in [9.17, 15) is 9.59 Å². The van der Waals surface area contributed by atoms with Crippen molar-refractivity contribution in [3.05, 3.63) is 94.7 Å². The van der Waals surface area contributed by atoms with Gasteiger partial charge in [-0.15, -0.1) is 0 Å². The number of amides is 1. The average molecular weight is 448 g/mol. The Balaban J connectivity index is 1.55. The number of ketones is 1. The first-order valence-corrected chi connectivity index (χ1v) is 10.6. The first-order chi connectivity index (χ1) is 15.4. The van der Waals surface area contributed by atoms with E-state index in [1.54, 1.807) is 42.5 Å². The number of carbonyl (C=O) groups is 2. The maximum atomic E-state index is 13.1. The molecule has 162 valence electrons. The zero-order valence-electron chi connectivity index (χ0n) is 17.7. The van der Waals surface area contributed by atoms with Gasteiger partial charge in [0.05, 0.1) is 5.69 Å².